The minimum atomic E-state index is -0.835. The van der Waals surface area contributed by atoms with E-state index in [-0.39, 0.29) is 17.3 Å². The third kappa shape index (κ3) is 4.14. The van der Waals surface area contributed by atoms with Crippen LogP contribution in [0.1, 0.15) is 72.3 Å². The molecule has 0 amide bonds. The summed E-state index contributed by atoms with van der Waals surface area (Å²) in [6.07, 6.45) is 11.1. The van der Waals surface area contributed by atoms with Crippen LogP contribution >= 0.6 is 11.6 Å². The Morgan fingerprint density at radius 3 is 2.75 bits per heavy atom. The van der Waals surface area contributed by atoms with Crippen LogP contribution in [0.25, 0.3) is 6.08 Å². The highest BCUT2D eigenvalue weighted by Gasteiger charge is 2.73. The van der Waals surface area contributed by atoms with E-state index in [0.29, 0.717) is 37.8 Å². The molecular formula is C34H44ClNO4. The number of hydrogen-bond donors (Lipinski definition) is 1. The zero-order valence-corrected chi connectivity index (χ0v) is 25.3. The molecule has 4 aliphatic rings. The minimum absolute atomic E-state index is 0.120. The molecule has 0 heterocycles. The highest BCUT2D eigenvalue weighted by atomic mass is 35.5. The predicted octanol–water partition coefficient (Wildman–Crippen LogP) is 7.38. The molecule has 0 saturated heterocycles. The zero-order valence-electron chi connectivity index (χ0n) is 24.6. The summed E-state index contributed by atoms with van der Waals surface area (Å²) in [6.45, 7) is 15.2. The van der Waals surface area contributed by atoms with Gasteiger partial charge in [0.05, 0.1) is 11.0 Å². The van der Waals surface area contributed by atoms with Crippen molar-refractivity contribution in [1.29, 1.82) is 0 Å². The molecule has 5 rings (SSSR count). The van der Waals surface area contributed by atoms with Crippen LogP contribution in [0.5, 0.6) is 5.75 Å². The smallest absolute Gasteiger partial charge is 0.151 e. The molecule has 216 valence electrons. The summed E-state index contributed by atoms with van der Waals surface area (Å²) >= 11 is 7.68. The Morgan fingerprint density at radius 2 is 2.02 bits per heavy atom. The van der Waals surface area contributed by atoms with E-state index in [0.717, 1.165) is 36.3 Å². The number of hydrogen-bond acceptors (Lipinski definition) is 5. The molecule has 1 N–H and O–H groups in total. The number of fused-ring (bicyclic) bond motifs is 5. The zero-order chi connectivity index (χ0) is 28.9. The minimum Gasteiger partial charge on any atom is -0.490 e. The number of benzene rings is 1. The van der Waals surface area contributed by atoms with Crippen molar-refractivity contribution in [2.45, 2.75) is 77.7 Å². The Hall–Kier alpha value is -2.37. The third-order valence-corrected chi connectivity index (χ3v) is 12.4. The van der Waals surface area contributed by atoms with Gasteiger partial charge in [-0.15, -0.1) is 11.6 Å². The number of ether oxygens (including phenoxy) is 1. The van der Waals surface area contributed by atoms with E-state index in [9.17, 15) is 9.90 Å². The Balaban J connectivity index is 1.31. The maximum Gasteiger partial charge on any atom is 0.151 e. The molecule has 1 aromatic carbocycles. The molecule has 5 nitrogen and oxygen atoms in total. The molecule has 0 bridgehead atoms. The number of carbonyl (C=O) groups is 1. The first-order valence-electron chi connectivity index (χ1n) is 14.8. The Bertz CT molecular complexity index is 1270. The first-order valence-corrected chi connectivity index (χ1v) is 15.2. The second-order valence-electron chi connectivity index (χ2n) is 13.0. The lowest BCUT2D eigenvalue weighted by Crippen LogP contribution is -2.67. The molecule has 3 fully saturated rings. The monoisotopic (exact) mass is 565 g/mol. The fourth-order valence-electron chi connectivity index (χ4n) is 8.85. The number of rotatable bonds is 8. The number of oxime groups is 1. The van der Waals surface area contributed by atoms with E-state index in [1.54, 1.807) is 6.08 Å². The van der Waals surface area contributed by atoms with Crippen LogP contribution in [-0.4, -0.2) is 40.8 Å². The van der Waals surface area contributed by atoms with Gasteiger partial charge < -0.3 is 14.7 Å². The lowest BCUT2D eigenvalue weighted by atomic mass is 9.44. The number of Topliss-reactive ketones (excluding diaryl/α,β-unsaturated/α-hetero) is 1. The summed E-state index contributed by atoms with van der Waals surface area (Å²) in [5, 5.41) is 16.2. The summed E-state index contributed by atoms with van der Waals surface area (Å²) < 4.78 is 5.77. The van der Waals surface area contributed by atoms with Gasteiger partial charge in [-0.05, 0) is 78.7 Å². The molecule has 6 heteroatoms. The van der Waals surface area contributed by atoms with Crippen molar-refractivity contribution in [2.75, 3.05) is 13.2 Å². The molecule has 8 atom stereocenters. The predicted molar refractivity (Wildman–Crippen MR) is 161 cm³/mol. The van der Waals surface area contributed by atoms with E-state index >= 15 is 0 Å². The molecule has 0 unspecified atom stereocenters. The van der Waals surface area contributed by atoms with Gasteiger partial charge >= 0.3 is 0 Å². The molecule has 3 saturated carbocycles. The first kappa shape index (κ1) is 29.1. The number of halogens is 1. The van der Waals surface area contributed by atoms with Crippen LogP contribution in [-0.2, 0) is 9.63 Å². The van der Waals surface area contributed by atoms with E-state index in [1.165, 1.54) is 5.57 Å². The van der Waals surface area contributed by atoms with E-state index in [2.05, 4.69) is 51.6 Å². The SMILES string of the molecule is C=Cc1cccc(OCCO/N=C2/C=C[C@@]3(C)C(=C2)CC[C@H]2[C@@H]4C[C@H](C)[C@](C)(C(=O)CC)[C@@]4(C)C[C@H](O)[C@@]23Cl)c1. The van der Waals surface area contributed by atoms with Gasteiger partial charge in [0.1, 0.15) is 23.9 Å². The average Bonchev–Trinajstić information content (AvgIpc) is 3.14. The summed E-state index contributed by atoms with van der Waals surface area (Å²) in [7, 11) is 0. The second-order valence-corrected chi connectivity index (χ2v) is 13.6. The Morgan fingerprint density at radius 1 is 1.25 bits per heavy atom. The Kier molecular flexibility index (Phi) is 7.63. The van der Waals surface area contributed by atoms with Gasteiger partial charge in [-0.1, -0.05) is 76.2 Å². The molecule has 0 aliphatic heterocycles. The van der Waals surface area contributed by atoms with Gasteiger partial charge in [0, 0.05) is 17.3 Å². The summed E-state index contributed by atoms with van der Waals surface area (Å²) in [5.41, 5.74) is 1.71. The number of alkyl halides is 1. The molecule has 0 aromatic heterocycles. The maximum absolute atomic E-state index is 13.3. The topological polar surface area (TPSA) is 68.1 Å². The summed E-state index contributed by atoms with van der Waals surface area (Å²) in [5.74, 6) is 1.76. The number of nitrogens with zero attached hydrogens (tertiary/aromatic N) is 1. The van der Waals surface area contributed by atoms with Crippen molar-refractivity contribution in [3.05, 3.63) is 60.2 Å². The third-order valence-electron chi connectivity index (χ3n) is 11.4. The van der Waals surface area contributed by atoms with Gasteiger partial charge in [-0.2, -0.15) is 0 Å². The summed E-state index contributed by atoms with van der Waals surface area (Å²) in [4.78, 5) is 18.1. The number of ketones is 1. The molecule has 0 radical (unpaired) electrons. The highest BCUT2D eigenvalue weighted by molar-refractivity contribution is 6.26. The number of aliphatic hydroxyl groups is 1. The Labute approximate surface area is 244 Å². The maximum atomic E-state index is 13.3. The first-order chi connectivity index (χ1) is 19.0. The molecule has 1 aromatic rings. The molecule has 40 heavy (non-hydrogen) atoms. The summed E-state index contributed by atoms with van der Waals surface area (Å²) in [6, 6.07) is 7.75. The number of aliphatic hydroxyl groups excluding tert-OH is 1. The van der Waals surface area contributed by atoms with E-state index in [4.69, 9.17) is 21.2 Å². The molecule has 0 spiro atoms. The van der Waals surface area contributed by atoms with Crippen molar-refractivity contribution < 1.29 is 19.5 Å². The number of allylic oxidation sites excluding steroid dienone is 4. The van der Waals surface area contributed by atoms with Crippen molar-refractivity contribution in [3.8, 4) is 5.75 Å². The average molecular weight is 566 g/mol. The van der Waals surface area contributed by atoms with E-state index < -0.39 is 21.8 Å². The number of carbonyl (C=O) groups excluding carboxylic acids is 1. The van der Waals surface area contributed by atoms with Crippen molar-refractivity contribution >= 4 is 29.2 Å². The largest absolute Gasteiger partial charge is 0.490 e. The normalized spacial score (nSPS) is 41.0. The standard InChI is InChI=1S/C34H44ClNO4/c1-7-23-10-9-11-26(19-23)39-16-17-40-36-25-14-15-31(4)24(20-25)12-13-27-28-18-22(3)33(6,29(37)8-2)32(28,5)21-30(38)34(27,31)35/h7,9-11,14-15,19-20,22,27-28,30,38H,1,8,12-13,16-18,21H2,2-6H3/b36-25-/t22-,27-,28-,30-,31-,32-,33+,34-/m0/s1. The fraction of sp³-hybridized carbons (Fsp3) is 0.588. The van der Waals surface area contributed by atoms with Crippen LogP contribution in [0.15, 0.2) is 59.8 Å². The van der Waals surface area contributed by atoms with Gasteiger partial charge in [-0.3, -0.25) is 4.79 Å². The van der Waals surface area contributed by atoms with Crippen LogP contribution in [0.4, 0.5) is 0 Å². The molecule has 4 aliphatic carbocycles. The van der Waals surface area contributed by atoms with Gasteiger partial charge in [0.15, 0.2) is 6.61 Å². The van der Waals surface area contributed by atoms with E-state index in [1.807, 2.05) is 37.3 Å². The van der Waals surface area contributed by atoms with Crippen molar-refractivity contribution in [1.82, 2.24) is 0 Å². The van der Waals surface area contributed by atoms with Crippen molar-refractivity contribution in [2.24, 2.45) is 39.2 Å². The molecular weight excluding hydrogens is 522 g/mol. The van der Waals surface area contributed by atoms with Gasteiger partial charge in [-0.25, -0.2) is 0 Å². The van der Waals surface area contributed by atoms with Crippen LogP contribution in [0, 0.1) is 34.0 Å². The second kappa shape index (κ2) is 10.5. The van der Waals surface area contributed by atoms with Crippen LogP contribution in [0.3, 0.4) is 0 Å². The quantitative estimate of drug-likeness (QED) is 0.203. The van der Waals surface area contributed by atoms with Gasteiger partial charge in [0.2, 0.25) is 0 Å². The fourth-order valence-corrected chi connectivity index (χ4v) is 9.37. The lowest BCUT2D eigenvalue weighted by molar-refractivity contribution is -0.151. The lowest BCUT2D eigenvalue weighted by Gasteiger charge is -2.64. The highest BCUT2D eigenvalue weighted by Crippen LogP contribution is 2.73. The van der Waals surface area contributed by atoms with Crippen LogP contribution in [0.2, 0.25) is 0 Å². The van der Waals surface area contributed by atoms with Crippen LogP contribution < -0.4 is 4.74 Å². The van der Waals surface area contributed by atoms with Crippen molar-refractivity contribution in [3.63, 3.8) is 0 Å². The van der Waals surface area contributed by atoms with Gasteiger partial charge in [0.25, 0.3) is 0 Å².